The van der Waals surface area contributed by atoms with Crippen LogP contribution < -0.4 is 0 Å². The lowest BCUT2D eigenvalue weighted by Gasteiger charge is -2.22. The molecule has 26 heavy (non-hydrogen) atoms. The van der Waals surface area contributed by atoms with Gasteiger partial charge in [-0.2, -0.15) is 5.10 Å². The number of rotatable bonds is 4. The number of carboxylic acid groups (broad SMARTS) is 1. The van der Waals surface area contributed by atoms with Crippen molar-refractivity contribution in [1.82, 2.24) is 14.8 Å². The fraction of sp³-hybridized carbons (Fsp3) is 0.350. The molecule has 2 aromatic heterocycles. The highest BCUT2D eigenvalue weighted by Gasteiger charge is 2.27. The first-order chi connectivity index (χ1) is 12.6. The molecule has 0 atom stereocenters. The quantitative estimate of drug-likeness (QED) is 0.700. The average molecular weight is 367 g/mol. The van der Waals surface area contributed by atoms with Gasteiger partial charge in [0, 0.05) is 16.9 Å². The molecule has 0 amide bonds. The van der Waals surface area contributed by atoms with Gasteiger partial charge in [-0.3, -0.25) is 0 Å². The number of carbonyl (C=O) groups is 1. The Kier molecular flexibility index (Phi) is 4.59. The van der Waals surface area contributed by atoms with Gasteiger partial charge in [-0.05, 0) is 25.3 Å². The summed E-state index contributed by atoms with van der Waals surface area (Å²) in [5, 5.41) is 16.3. The Labute approximate surface area is 156 Å². The van der Waals surface area contributed by atoms with Crippen molar-refractivity contribution in [3.63, 3.8) is 0 Å². The van der Waals surface area contributed by atoms with Crippen LogP contribution in [0.15, 0.2) is 35.7 Å². The molecular weight excluding hydrogens is 346 g/mol. The van der Waals surface area contributed by atoms with Gasteiger partial charge in [0.15, 0.2) is 5.69 Å². The van der Waals surface area contributed by atoms with E-state index in [2.05, 4.69) is 24.0 Å². The first kappa shape index (κ1) is 17.0. The molecule has 0 bridgehead atoms. The van der Waals surface area contributed by atoms with E-state index >= 15 is 0 Å². The molecule has 4 rings (SSSR count). The van der Waals surface area contributed by atoms with E-state index in [-0.39, 0.29) is 5.69 Å². The second-order valence-corrected chi connectivity index (χ2v) is 7.63. The van der Waals surface area contributed by atoms with Crippen LogP contribution in [0.4, 0.5) is 0 Å². The van der Waals surface area contributed by atoms with Crippen LogP contribution in [0.3, 0.4) is 0 Å². The van der Waals surface area contributed by atoms with Crippen molar-refractivity contribution in [3.8, 4) is 16.4 Å². The van der Waals surface area contributed by atoms with Gasteiger partial charge in [0.05, 0.1) is 11.4 Å². The van der Waals surface area contributed by atoms with Gasteiger partial charge < -0.3 is 5.11 Å². The highest BCUT2D eigenvalue weighted by atomic mass is 32.1. The zero-order valence-corrected chi connectivity index (χ0v) is 15.5. The largest absolute Gasteiger partial charge is 0.476 e. The van der Waals surface area contributed by atoms with E-state index in [4.69, 9.17) is 5.10 Å². The molecule has 0 unspecified atom stereocenters. The van der Waals surface area contributed by atoms with Crippen LogP contribution in [0.2, 0.25) is 0 Å². The van der Waals surface area contributed by atoms with Crippen LogP contribution >= 0.6 is 11.3 Å². The van der Waals surface area contributed by atoms with Gasteiger partial charge in [-0.1, -0.05) is 49.6 Å². The summed E-state index contributed by atoms with van der Waals surface area (Å²) >= 11 is 1.33. The molecule has 1 N–H and O–H groups in total. The molecule has 0 saturated heterocycles. The highest BCUT2D eigenvalue weighted by Crippen LogP contribution is 2.39. The third-order valence-electron chi connectivity index (χ3n) is 5.10. The van der Waals surface area contributed by atoms with E-state index in [9.17, 15) is 9.90 Å². The molecule has 1 aliphatic rings. The molecule has 2 heterocycles. The standard InChI is InChI=1S/C20H21N3O2S/c1-13-17(14-8-4-2-5-9-14)22-23(18(13)15-10-6-3-7-11-15)20-21-16(12-26-20)19(24)25/h2,4-5,8-9,12,15H,3,6-7,10-11H2,1H3,(H,24,25). The number of hydrogen-bond acceptors (Lipinski definition) is 4. The second kappa shape index (κ2) is 7.03. The summed E-state index contributed by atoms with van der Waals surface area (Å²) in [6.07, 6.45) is 6.05. The molecule has 1 aliphatic carbocycles. The number of hydrogen-bond donors (Lipinski definition) is 1. The average Bonchev–Trinajstić information content (AvgIpc) is 3.28. The predicted octanol–water partition coefficient (Wildman–Crippen LogP) is 5.05. The van der Waals surface area contributed by atoms with Crippen LogP contribution in [0.1, 0.15) is 59.8 Å². The topological polar surface area (TPSA) is 68.0 Å². The van der Waals surface area contributed by atoms with E-state index in [1.165, 1.54) is 41.9 Å². The van der Waals surface area contributed by atoms with E-state index in [0.29, 0.717) is 11.0 Å². The Balaban J connectivity index is 1.86. The number of nitrogens with zero attached hydrogens (tertiary/aromatic N) is 3. The SMILES string of the molecule is Cc1c(-c2ccccc2)nn(-c2nc(C(=O)O)cs2)c1C1CCCCC1. The Morgan fingerprint density at radius 2 is 1.92 bits per heavy atom. The summed E-state index contributed by atoms with van der Waals surface area (Å²) in [5.41, 5.74) is 4.48. The summed E-state index contributed by atoms with van der Waals surface area (Å²) in [6, 6.07) is 10.2. The number of aromatic nitrogens is 3. The van der Waals surface area contributed by atoms with Gasteiger partial charge >= 0.3 is 5.97 Å². The number of aromatic carboxylic acids is 1. The van der Waals surface area contributed by atoms with Crippen molar-refractivity contribution in [1.29, 1.82) is 0 Å². The van der Waals surface area contributed by atoms with Crippen LogP contribution in [0.5, 0.6) is 0 Å². The van der Waals surface area contributed by atoms with Gasteiger partial charge in [0.2, 0.25) is 5.13 Å². The third-order valence-corrected chi connectivity index (χ3v) is 5.92. The van der Waals surface area contributed by atoms with Gasteiger partial charge in [-0.25, -0.2) is 14.5 Å². The Morgan fingerprint density at radius 1 is 1.19 bits per heavy atom. The maximum Gasteiger partial charge on any atom is 0.355 e. The molecule has 1 saturated carbocycles. The normalized spacial score (nSPS) is 15.3. The highest BCUT2D eigenvalue weighted by molar-refractivity contribution is 7.12. The molecular formula is C20H21N3O2S. The number of thiazole rings is 1. The lowest BCUT2D eigenvalue weighted by molar-refractivity contribution is 0.0691. The maximum atomic E-state index is 11.2. The first-order valence-electron chi connectivity index (χ1n) is 8.99. The summed E-state index contributed by atoms with van der Waals surface area (Å²) in [6.45, 7) is 2.13. The summed E-state index contributed by atoms with van der Waals surface area (Å²) < 4.78 is 1.89. The van der Waals surface area contributed by atoms with Crippen LogP contribution in [0.25, 0.3) is 16.4 Å². The van der Waals surface area contributed by atoms with Crippen molar-refractivity contribution in [2.24, 2.45) is 0 Å². The van der Waals surface area contributed by atoms with E-state index in [1.807, 2.05) is 22.9 Å². The van der Waals surface area contributed by atoms with Crippen molar-refractivity contribution < 1.29 is 9.90 Å². The Hall–Kier alpha value is -2.47. The van der Waals surface area contributed by atoms with Crippen LogP contribution in [0, 0.1) is 6.92 Å². The van der Waals surface area contributed by atoms with Gasteiger partial charge in [-0.15, -0.1) is 11.3 Å². The molecule has 134 valence electrons. The molecule has 1 fully saturated rings. The second-order valence-electron chi connectivity index (χ2n) is 6.79. The predicted molar refractivity (Wildman–Crippen MR) is 102 cm³/mol. The first-order valence-corrected chi connectivity index (χ1v) is 9.87. The van der Waals surface area contributed by atoms with Crippen LogP contribution in [-0.2, 0) is 0 Å². The molecule has 1 aromatic carbocycles. The van der Waals surface area contributed by atoms with E-state index < -0.39 is 5.97 Å². The summed E-state index contributed by atoms with van der Waals surface area (Å²) in [4.78, 5) is 15.5. The summed E-state index contributed by atoms with van der Waals surface area (Å²) in [7, 11) is 0. The van der Waals surface area contributed by atoms with Crippen molar-refractivity contribution in [2.45, 2.75) is 44.9 Å². The summed E-state index contributed by atoms with van der Waals surface area (Å²) in [5.74, 6) is -0.551. The van der Waals surface area contributed by atoms with E-state index in [1.54, 1.807) is 5.38 Å². The minimum absolute atomic E-state index is 0.0778. The molecule has 0 aliphatic heterocycles. The molecule has 0 radical (unpaired) electrons. The minimum Gasteiger partial charge on any atom is -0.476 e. The van der Waals surface area contributed by atoms with Gasteiger partial charge in [0.1, 0.15) is 0 Å². The smallest absolute Gasteiger partial charge is 0.355 e. The fourth-order valence-electron chi connectivity index (χ4n) is 3.84. The molecule has 6 heteroatoms. The van der Waals surface area contributed by atoms with Crippen LogP contribution in [-0.4, -0.2) is 25.8 Å². The Bertz CT molecular complexity index is 924. The fourth-order valence-corrected chi connectivity index (χ4v) is 4.60. The van der Waals surface area contributed by atoms with Gasteiger partial charge in [0.25, 0.3) is 0 Å². The molecule has 3 aromatic rings. The monoisotopic (exact) mass is 367 g/mol. The number of benzene rings is 1. The maximum absolute atomic E-state index is 11.2. The van der Waals surface area contributed by atoms with Crippen molar-refractivity contribution >= 4 is 17.3 Å². The van der Waals surface area contributed by atoms with Crippen molar-refractivity contribution in [2.75, 3.05) is 0 Å². The lowest BCUT2D eigenvalue weighted by atomic mass is 9.85. The third kappa shape index (κ3) is 3.05. The molecule has 5 nitrogen and oxygen atoms in total. The Morgan fingerprint density at radius 3 is 2.58 bits per heavy atom. The minimum atomic E-state index is -1.00. The van der Waals surface area contributed by atoms with Crippen molar-refractivity contribution in [3.05, 3.63) is 52.7 Å². The number of carboxylic acids is 1. The molecule has 0 spiro atoms. The zero-order valence-electron chi connectivity index (χ0n) is 14.7. The zero-order chi connectivity index (χ0) is 18.1. The van der Waals surface area contributed by atoms with E-state index in [0.717, 1.165) is 24.1 Å². The lowest BCUT2D eigenvalue weighted by Crippen LogP contribution is -2.12.